The van der Waals surface area contributed by atoms with Crippen molar-refractivity contribution in [2.45, 2.75) is 26.8 Å². The monoisotopic (exact) mass is 245 g/mol. The summed E-state index contributed by atoms with van der Waals surface area (Å²) in [5.41, 5.74) is 0.816. The first-order chi connectivity index (χ1) is 8.50. The molecule has 5 nitrogen and oxygen atoms in total. The summed E-state index contributed by atoms with van der Waals surface area (Å²) in [7, 11) is 0. The highest BCUT2D eigenvalue weighted by molar-refractivity contribution is 5.98. The molecule has 1 N–H and O–H groups in total. The maximum atomic E-state index is 11.1. The van der Waals surface area contributed by atoms with E-state index in [4.69, 9.17) is 0 Å². The molecule has 0 unspecified atom stereocenters. The molecule has 18 heavy (non-hydrogen) atoms. The molecular formula is C13H15N3O2. The third-order valence-corrected chi connectivity index (χ3v) is 2.73. The highest BCUT2D eigenvalue weighted by atomic mass is 16.6. The van der Waals surface area contributed by atoms with Gasteiger partial charge < -0.3 is 5.32 Å². The van der Waals surface area contributed by atoms with Crippen molar-refractivity contribution in [2.24, 2.45) is 0 Å². The molecule has 0 saturated carbocycles. The molecule has 0 spiro atoms. The van der Waals surface area contributed by atoms with E-state index >= 15 is 0 Å². The van der Waals surface area contributed by atoms with Gasteiger partial charge in [0.1, 0.15) is 5.82 Å². The topological polar surface area (TPSA) is 68.1 Å². The summed E-state index contributed by atoms with van der Waals surface area (Å²) in [5, 5.41) is 15.7. The van der Waals surface area contributed by atoms with E-state index in [-0.39, 0.29) is 16.7 Å². The molecule has 2 aromatic rings. The van der Waals surface area contributed by atoms with Crippen LogP contribution >= 0.6 is 0 Å². The predicted molar refractivity (Wildman–Crippen MR) is 71.9 cm³/mol. The van der Waals surface area contributed by atoms with Crippen LogP contribution in [0.2, 0.25) is 0 Å². The second-order valence-corrected chi connectivity index (χ2v) is 4.54. The van der Waals surface area contributed by atoms with Gasteiger partial charge in [-0.05, 0) is 32.9 Å². The Balaban J connectivity index is 2.72. The molecule has 0 aliphatic rings. The molecule has 2 rings (SSSR count). The Morgan fingerprint density at radius 2 is 2.00 bits per heavy atom. The summed E-state index contributed by atoms with van der Waals surface area (Å²) in [4.78, 5) is 15.0. The van der Waals surface area contributed by atoms with Crippen LogP contribution in [0.3, 0.4) is 0 Å². The van der Waals surface area contributed by atoms with Crippen molar-refractivity contribution in [3.8, 4) is 0 Å². The minimum Gasteiger partial charge on any atom is -0.367 e. The lowest BCUT2D eigenvalue weighted by molar-refractivity contribution is -0.383. The van der Waals surface area contributed by atoms with Gasteiger partial charge in [0.25, 0.3) is 5.69 Å². The number of nitrogens with one attached hydrogen (secondary N) is 1. The van der Waals surface area contributed by atoms with E-state index in [1.807, 2.05) is 19.9 Å². The van der Waals surface area contributed by atoms with E-state index in [1.54, 1.807) is 25.3 Å². The number of anilines is 1. The van der Waals surface area contributed by atoms with E-state index in [0.29, 0.717) is 16.8 Å². The molecule has 1 aromatic carbocycles. The normalized spacial score (nSPS) is 10.9. The Bertz CT molecular complexity index is 608. The SMILES string of the molecule is Cc1ccc2c(NC(C)C)nccc2c1[N+](=O)[O-]. The minimum absolute atomic E-state index is 0.154. The van der Waals surface area contributed by atoms with E-state index in [2.05, 4.69) is 10.3 Å². The summed E-state index contributed by atoms with van der Waals surface area (Å²) in [6.45, 7) is 5.75. The van der Waals surface area contributed by atoms with Crippen LogP contribution in [0.1, 0.15) is 19.4 Å². The number of benzene rings is 1. The number of aromatic nitrogens is 1. The number of nitrogens with zero attached hydrogens (tertiary/aromatic N) is 2. The van der Waals surface area contributed by atoms with Crippen LogP contribution in [0.5, 0.6) is 0 Å². The van der Waals surface area contributed by atoms with Gasteiger partial charge in [0, 0.05) is 23.2 Å². The highest BCUT2D eigenvalue weighted by Gasteiger charge is 2.17. The molecule has 1 heterocycles. The number of fused-ring (bicyclic) bond motifs is 1. The van der Waals surface area contributed by atoms with Crippen molar-refractivity contribution >= 4 is 22.3 Å². The van der Waals surface area contributed by atoms with Crippen molar-refractivity contribution in [3.05, 3.63) is 40.1 Å². The number of nitro benzene ring substituents is 1. The molecule has 0 saturated heterocycles. The average Bonchev–Trinajstić information content (AvgIpc) is 2.27. The van der Waals surface area contributed by atoms with Crippen LogP contribution in [0.15, 0.2) is 24.4 Å². The first-order valence-electron chi connectivity index (χ1n) is 5.80. The van der Waals surface area contributed by atoms with Crippen LogP contribution < -0.4 is 5.32 Å². The van der Waals surface area contributed by atoms with Crippen molar-refractivity contribution in [1.82, 2.24) is 4.98 Å². The molecule has 0 aliphatic carbocycles. The van der Waals surface area contributed by atoms with Crippen LogP contribution in [0, 0.1) is 17.0 Å². The Kier molecular flexibility index (Phi) is 3.14. The van der Waals surface area contributed by atoms with Crippen molar-refractivity contribution in [1.29, 1.82) is 0 Å². The van der Waals surface area contributed by atoms with Crippen LogP contribution in [0.4, 0.5) is 11.5 Å². The largest absolute Gasteiger partial charge is 0.367 e. The smallest absolute Gasteiger partial charge is 0.280 e. The van der Waals surface area contributed by atoms with Crippen molar-refractivity contribution < 1.29 is 4.92 Å². The molecule has 0 bridgehead atoms. The van der Waals surface area contributed by atoms with Gasteiger partial charge in [-0.3, -0.25) is 10.1 Å². The number of aryl methyl sites for hydroxylation is 1. The van der Waals surface area contributed by atoms with Gasteiger partial charge in [-0.25, -0.2) is 4.98 Å². The fraction of sp³-hybridized carbons (Fsp3) is 0.308. The Morgan fingerprint density at radius 1 is 1.28 bits per heavy atom. The number of hydrogen-bond acceptors (Lipinski definition) is 4. The van der Waals surface area contributed by atoms with Crippen LogP contribution in [-0.2, 0) is 0 Å². The Hall–Kier alpha value is -2.17. The molecule has 5 heteroatoms. The molecular weight excluding hydrogens is 230 g/mol. The molecule has 0 aliphatic heterocycles. The zero-order valence-corrected chi connectivity index (χ0v) is 10.6. The second-order valence-electron chi connectivity index (χ2n) is 4.54. The van der Waals surface area contributed by atoms with E-state index in [9.17, 15) is 10.1 Å². The molecule has 0 radical (unpaired) electrons. The van der Waals surface area contributed by atoms with Gasteiger partial charge >= 0.3 is 0 Å². The summed E-state index contributed by atoms with van der Waals surface area (Å²) in [6.07, 6.45) is 1.60. The zero-order chi connectivity index (χ0) is 13.3. The maximum absolute atomic E-state index is 11.1. The highest BCUT2D eigenvalue weighted by Crippen LogP contribution is 2.32. The van der Waals surface area contributed by atoms with Gasteiger partial charge in [-0.2, -0.15) is 0 Å². The van der Waals surface area contributed by atoms with Gasteiger partial charge in [-0.15, -0.1) is 0 Å². The van der Waals surface area contributed by atoms with Crippen LogP contribution in [-0.4, -0.2) is 15.9 Å². The lowest BCUT2D eigenvalue weighted by Gasteiger charge is -2.12. The third kappa shape index (κ3) is 2.11. The lowest BCUT2D eigenvalue weighted by atomic mass is 10.1. The van der Waals surface area contributed by atoms with Gasteiger partial charge in [0.2, 0.25) is 0 Å². The molecule has 0 fully saturated rings. The molecule has 94 valence electrons. The first-order valence-corrected chi connectivity index (χ1v) is 5.80. The quantitative estimate of drug-likeness (QED) is 0.665. The predicted octanol–water partition coefficient (Wildman–Crippen LogP) is 3.27. The number of rotatable bonds is 3. The number of nitro groups is 1. The average molecular weight is 245 g/mol. The molecule has 0 atom stereocenters. The molecule has 1 aromatic heterocycles. The summed E-state index contributed by atoms with van der Waals surface area (Å²) in [6, 6.07) is 5.54. The molecule has 0 amide bonds. The van der Waals surface area contributed by atoms with E-state index in [0.717, 1.165) is 5.39 Å². The Labute approximate surface area is 105 Å². The minimum atomic E-state index is -0.336. The second kappa shape index (κ2) is 4.60. The van der Waals surface area contributed by atoms with E-state index < -0.39 is 0 Å². The summed E-state index contributed by atoms with van der Waals surface area (Å²) in [5.74, 6) is 0.686. The fourth-order valence-electron chi connectivity index (χ4n) is 1.98. The zero-order valence-electron chi connectivity index (χ0n) is 10.6. The van der Waals surface area contributed by atoms with Crippen molar-refractivity contribution in [3.63, 3.8) is 0 Å². The van der Waals surface area contributed by atoms with Gasteiger partial charge in [0.05, 0.1) is 10.3 Å². The van der Waals surface area contributed by atoms with Gasteiger partial charge in [-0.1, -0.05) is 6.07 Å². The van der Waals surface area contributed by atoms with Crippen LogP contribution in [0.25, 0.3) is 10.8 Å². The maximum Gasteiger partial charge on any atom is 0.280 e. The van der Waals surface area contributed by atoms with E-state index in [1.165, 1.54) is 0 Å². The summed E-state index contributed by atoms with van der Waals surface area (Å²) >= 11 is 0. The number of hydrogen-bond donors (Lipinski definition) is 1. The lowest BCUT2D eigenvalue weighted by Crippen LogP contribution is -2.11. The first kappa shape index (κ1) is 12.3. The summed E-state index contributed by atoms with van der Waals surface area (Å²) < 4.78 is 0. The standard InChI is InChI=1S/C13H15N3O2/c1-8(2)15-13-11-5-4-9(3)12(16(17)18)10(11)6-7-14-13/h4-8H,1-3H3,(H,14,15). The number of pyridine rings is 1. The third-order valence-electron chi connectivity index (χ3n) is 2.73. The van der Waals surface area contributed by atoms with Crippen molar-refractivity contribution in [2.75, 3.05) is 5.32 Å². The van der Waals surface area contributed by atoms with Gasteiger partial charge in [0.15, 0.2) is 0 Å². The fourth-order valence-corrected chi connectivity index (χ4v) is 1.98. The Morgan fingerprint density at radius 3 is 2.61 bits per heavy atom.